The molecule has 13 heavy (non-hydrogen) atoms. The molecule has 1 aliphatic carbocycles. The first-order chi connectivity index (χ1) is 6.24. The summed E-state index contributed by atoms with van der Waals surface area (Å²) in [7, 11) is 0. The minimum atomic E-state index is 0.0145. The van der Waals surface area contributed by atoms with Gasteiger partial charge < -0.3 is 10.9 Å². The number of H-pyrrole nitrogens is 1. The van der Waals surface area contributed by atoms with E-state index in [1.165, 1.54) is 0 Å². The van der Waals surface area contributed by atoms with Crippen molar-refractivity contribution in [3.8, 4) is 0 Å². The molecule has 1 heterocycles. The third-order valence-corrected chi connectivity index (χ3v) is 2.37. The minimum Gasteiger partial charge on any atom is -0.409 e. The Morgan fingerprint density at radius 1 is 1.69 bits per heavy atom. The van der Waals surface area contributed by atoms with E-state index in [4.69, 9.17) is 22.5 Å². The standard InChI is InChI=1S/C7H9ClN4O/c8-6-4(7(9)12-13)5(10-11-6)3-1-2-3/h3,13H,1-2H2,(H2,9,12)(H,10,11). The summed E-state index contributed by atoms with van der Waals surface area (Å²) >= 11 is 5.78. The number of aromatic amines is 1. The van der Waals surface area contributed by atoms with Gasteiger partial charge in [0, 0.05) is 5.92 Å². The van der Waals surface area contributed by atoms with E-state index in [0.29, 0.717) is 11.5 Å². The van der Waals surface area contributed by atoms with E-state index >= 15 is 0 Å². The highest BCUT2D eigenvalue weighted by molar-refractivity contribution is 6.33. The first-order valence-electron chi connectivity index (χ1n) is 3.95. The Hall–Kier alpha value is -1.23. The summed E-state index contributed by atoms with van der Waals surface area (Å²) in [4.78, 5) is 0. The minimum absolute atomic E-state index is 0.0145. The number of aromatic nitrogens is 2. The Morgan fingerprint density at radius 2 is 2.38 bits per heavy atom. The molecule has 1 aromatic heterocycles. The molecule has 2 rings (SSSR count). The maximum atomic E-state index is 8.52. The van der Waals surface area contributed by atoms with Crippen molar-refractivity contribution in [1.29, 1.82) is 0 Å². The molecule has 0 spiro atoms. The Morgan fingerprint density at radius 3 is 2.92 bits per heavy atom. The number of nitrogens with one attached hydrogen (secondary N) is 1. The molecule has 1 fully saturated rings. The molecule has 0 amide bonds. The molecular weight excluding hydrogens is 192 g/mol. The zero-order valence-corrected chi connectivity index (χ0v) is 7.54. The van der Waals surface area contributed by atoms with Crippen LogP contribution in [-0.2, 0) is 0 Å². The number of hydrogen-bond donors (Lipinski definition) is 3. The fourth-order valence-electron chi connectivity index (χ4n) is 1.29. The summed E-state index contributed by atoms with van der Waals surface area (Å²) in [6.07, 6.45) is 2.20. The van der Waals surface area contributed by atoms with E-state index in [2.05, 4.69) is 15.4 Å². The van der Waals surface area contributed by atoms with Crippen LogP contribution in [0.2, 0.25) is 5.15 Å². The summed E-state index contributed by atoms with van der Waals surface area (Å²) in [5.74, 6) is 0.455. The Labute approximate surface area is 79.6 Å². The van der Waals surface area contributed by atoms with Crippen molar-refractivity contribution in [3.63, 3.8) is 0 Å². The van der Waals surface area contributed by atoms with Gasteiger partial charge >= 0.3 is 0 Å². The molecule has 4 N–H and O–H groups in total. The quantitative estimate of drug-likeness (QED) is 0.289. The molecule has 70 valence electrons. The van der Waals surface area contributed by atoms with Crippen molar-refractivity contribution in [2.24, 2.45) is 10.9 Å². The average Bonchev–Trinajstić information content (AvgIpc) is 2.89. The Balaban J connectivity index is 2.45. The van der Waals surface area contributed by atoms with Crippen LogP contribution in [0.1, 0.15) is 30.0 Å². The number of rotatable bonds is 2. The van der Waals surface area contributed by atoms with Gasteiger partial charge in [0.15, 0.2) is 11.0 Å². The van der Waals surface area contributed by atoms with Crippen molar-refractivity contribution in [2.75, 3.05) is 0 Å². The van der Waals surface area contributed by atoms with Gasteiger partial charge in [-0.2, -0.15) is 5.10 Å². The van der Waals surface area contributed by atoms with Crippen molar-refractivity contribution in [2.45, 2.75) is 18.8 Å². The molecule has 0 aliphatic heterocycles. The van der Waals surface area contributed by atoms with E-state index < -0.39 is 0 Å². The first-order valence-corrected chi connectivity index (χ1v) is 4.33. The third-order valence-electron chi connectivity index (χ3n) is 2.10. The van der Waals surface area contributed by atoms with Crippen LogP contribution in [0.5, 0.6) is 0 Å². The van der Waals surface area contributed by atoms with Crippen LogP contribution in [-0.4, -0.2) is 21.2 Å². The van der Waals surface area contributed by atoms with E-state index in [-0.39, 0.29) is 11.0 Å². The van der Waals surface area contributed by atoms with Crippen molar-refractivity contribution in [3.05, 3.63) is 16.4 Å². The van der Waals surface area contributed by atoms with Crippen molar-refractivity contribution >= 4 is 17.4 Å². The summed E-state index contributed by atoms with van der Waals surface area (Å²) < 4.78 is 0. The molecule has 1 aromatic rings. The smallest absolute Gasteiger partial charge is 0.175 e. The highest BCUT2D eigenvalue weighted by Crippen LogP contribution is 2.41. The van der Waals surface area contributed by atoms with Gasteiger partial charge in [-0.05, 0) is 12.8 Å². The molecule has 6 heteroatoms. The molecular formula is C7H9ClN4O. The van der Waals surface area contributed by atoms with E-state index in [1.54, 1.807) is 0 Å². The van der Waals surface area contributed by atoms with Gasteiger partial charge in [0.2, 0.25) is 0 Å². The first kappa shape index (κ1) is 8.37. The number of nitrogens with two attached hydrogens (primary N) is 1. The maximum Gasteiger partial charge on any atom is 0.175 e. The summed E-state index contributed by atoms with van der Waals surface area (Å²) in [6.45, 7) is 0. The number of oxime groups is 1. The summed E-state index contributed by atoms with van der Waals surface area (Å²) in [5.41, 5.74) is 6.87. The van der Waals surface area contributed by atoms with Crippen molar-refractivity contribution in [1.82, 2.24) is 10.2 Å². The highest BCUT2D eigenvalue weighted by Gasteiger charge is 2.30. The second kappa shape index (κ2) is 2.92. The largest absolute Gasteiger partial charge is 0.409 e. The second-order valence-corrected chi connectivity index (χ2v) is 3.42. The molecule has 0 atom stereocenters. The SMILES string of the molecule is N/C(=N/O)c1c(Cl)n[nH]c1C1CC1. The average molecular weight is 201 g/mol. The molecule has 0 saturated heterocycles. The Kier molecular flexibility index (Phi) is 1.88. The lowest BCUT2D eigenvalue weighted by Gasteiger charge is -1.98. The van der Waals surface area contributed by atoms with Gasteiger partial charge in [-0.1, -0.05) is 16.8 Å². The predicted octanol–water partition coefficient (Wildman–Crippen LogP) is 1.04. The molecule has 1 aliphatic rings. The number of halogens is 1. The molecule has 0 bridgehead atoms. The van der Waals surface area contributed by atoms with Gasteiger partial charge in [-0.3, -0.25) is 5.10 Å². The third kappa shape index (κ3) is 1.35. The lowest BCUT2D eigenvalue weighted by atomic mass is 10.1. The van der Waals surface area contributed by atoms with Crippen molar-refractivity contribution < 1.29 is 5.21 Å². The van der Waals surface area contributed by atoms with E-state index in [1.807, 2.05) is 0 Å². The molecule has 0 aromatic carbocycles. The van der Waals surface area contributed by atoms with E-state index in [9.17, 15) is 0 Å². The summed E-state index contributed by atoms with van der Waals surface area (Å²) in [5, 5.41) is 18.3. The van der Waals surface area contributed by atoms with E-state index in [0.717, 1.165) is 18.5 Å². The molecule has 0 unspecified atom stereocenters. The molecule has 5 nitrogen and oxygen atoms in total. The molecule has 0 radical (unpaired) electrons. The topological polar surface area (TPSA) is 87.3 Å². The van der Waals surface area contributed by atoms with Gasteiger partial charge in [-0.25, -0.2) is 0 Å². The highest BCUT2D eigenvalue weighted by atomic mass is 35.5. The fourth-order valence-corrected chi connectivity index (χ4v) is 1.53. The number of hydrogen-bond acceptors (Lipinski definition) is 3. The van der Waals surface area contributed by atoms with Crippen LogP contribution in [0.4, 0.5) is 0 Å². The van der Waals surface area contributed by atoms with Gasteiger partial charge in [0.1, 0.15) is 0 Å². The van der Waals surface area contributed by atoms with Gasteiger partial charge in [-0.15, -0.1) is 0 Å². The second-order valence-electron chi connectivity index (χ2n) is 3.06. The lowest BCUT2D eigenvalue weighted by Crippen LogP contribution is -2.14. The lowest BCUT2D eigenvalue weighted by molar-refractivity contribution is 0.318. The van der Waals surface area contributed by atoms with Crippen LogP contribution < -0.4 is 5.73 Å². The van der Waals surface area contributed by atoms with Crippen LogP contribution in [0.25, 0.3) is 0 Å². The number of nitrogens with zero attached hydrogens (tertiary/aromatic N) is 2. The van der Waals surface area contributed by atoms with Gasteiger partial charge in [0.25, 0.3) is 0 Å². The number of amidine groups is 1. The Bertz CT molecular complexity index is 355. The monoisotopic (exact) mass is 200 g/mol. The normalized spacial score (nSPS) is 17.8. The maximum absolute atomic E-state index is 8.52. The van der Waals surface area contributed by atoms with Crippen LogP contribution in [0, 0.1) is 0 Å². The van der Waals surface area contributed by atoms with Gasteiger partial charge in [0.05, 0.1) is 11.3 Å². The van der Waals surface area contributed by atoms with Crippen LogP contribution in [0.15, 0.2) is 5.16 Å². The zero-order chi connectivity index (χ0) is 9.42. The van der Waals surface area contributed by atoms with Crippen LogP contribution >= 0.6 is 11.6 Å². The molecule has 1 saturated carbocycles. The zero-order valence-electron chi connectivity index (χ0n) is 6.79. The van der Waals surface area contributed by atoms with Crippen LogP contribution in [0.3, 0.4) is 0 Å². The summed E-state index contributed by atoms with van der Waals surface area (Å²) in [6, 6.07) is 0. The fraction of sp³-hybridized carbons (Fsp3) is 0.429. The predicted molar refractivity (Wildman–Crippen MR) is 48.1 cm³/mol.